The highest BCUT2D eigenvalue weighted by Gasteiger charge is 2.31. The second-order valence-electron chi connectivity index (χ2n) is 5.63. The quantitative estimate of drug-likeness (QED) is 0.722. The number of aliphatic hydroxyl groups excluding tert-OH is 1. The zero-order valence-electron chi connectivity index (χ0n) is 11.4. The van der Waals surface area contributed by atoms with E-state index in [1.807, 2.05) is 19.9 Å². The maximum absolute atomic E-state index is 10.5. The Morgan fingerprint density at radius 2 is 2.29 bits per heavy atom. The molecule has 0 saturated carbocycles. The number of aliphatic hydroxyl groups is 2. The molecule has 0 spiro atoms. The molecule has 2 nitrogen and oxygen atoms in total. The number of rotatable bonds is 5. The number of hydrogen-bond acceptors (Lipinski definition) is 2. The fourth-order valence-corrected chi connectivity index (χ4v) is 2.41. The minimum absolute atomic E-state index is 0.119. The van der Waals surface area contributed by atoms with Crippen LogP contribution in [-0.4, -0.2) is 22.4 Å². The summed E-state index contributed by atoms with van der Waals surface area (Å²) in [7, 11) is 0. The highest BCUT2D eigenvalue weighted by molar-refractivity contribution is 5.06. The minimum atomic E-state index is -0.580. The lowest BCUT2D eigenvalue weighted by Gasteiger charge is -2.34. The van der Waals surface area contributed by atoms with Gasteiger partial charge in [0.05, 0.1) is 12.2 Å². The Morgan fingerprint density at radius 3 is 2.82 bits per heavy atom. The van der Waals surface area contributed by atoms with Crippen LogP contribution < -0.4 is 0 Å². The molecule has 98 valence electrons. The lowest BCUT2D eigenvalue weighted by atomic mass is 9.76. The van der Waals surface area contributed by atoms with E-state index in [-0.39, 0.29) is 6.61 Å². The standard InChI is InChI=1S/C15H26O2/c1-12-6-8-14(9-7-12)15(3,17)10-4-5-13(2)11-16/h5-6,14,16-17H,4,7-11H2,1-3H3/b13-5+. The van der Waals surface area contributed by atoms with Gasteiger partial charge in [-0.1, -0.05) is 23.3 Å². The second-order valence-corrected chi connectivity index (χ2v) is 5.63. The fourth-order valence-electron chi connectivity index (χ4n) is 2.41. The van der Waals surface area contributed by atoms with E-state index in [0.29, 0.717) is 5.92 Å². The highest BCUT2D eigenvalue weighted by Crippen LogP contribution is 2.34. The highest BCUT2D eigenvalue weighted by atomic mass is 16.3. The normalized spacial score (nSPS) is 25.4. The van der Waals surface area contributed by atoms with Crippen molar-refractivity contribution < 1.29 is 10.2 Å². The molecule has 2 atom stereocenters. The van der Waals surface area contributed by atoms with Gasteiger partial charge in [-0.05, 0) is 58.8 Å². The van der Waals surface area contributed by atoms with Crippen LogP contribution in [0, 0.1) is 5.92 Å². The van der Waals surface area contributed by atoms with E-state index in [2.05, 4.69) is 13.0 Å². The molecule has 0 aromatic rings. The van der Waals surface area contributed by atoms with Gasteiger partial charge in [-0.3, -0.25) is 0 Å². The van der Waals surface area contributed by atoms with Gasteiger partial charge in [0, 0.05) is 0 Å². The predicted molar refractivity (Wildman–Crippen MR) is 71.8 cm³/mol. The maximum Gasteiger partial charge on any atom is 0.0653 e. The molecule has 0 amide bonds. The van der Waals surface area contributed by atoms with Gasteiger partial charge in [-0.25, -0.2) is 0 Å². The second kappa shape index (κ2) is 6.36. The smallest absolute Gasteiger partial charge is 0.0653 e. The van der Waals surface area contributed by atoms with E-state index in [9.17, 15) is 5.11 Å². The van der Waals surface area contributed by atoms with Crippen LogP contribution in [0.2, 0.25) is 0 Å². The molecule has 1 rings (SSSR count). The van der Waals surface area contributed by atoms with E-state index in [1.54, 1.807) is 0 Å². The van der Waals surface area contributed by atoms with Gasteiger partial charge in [0.2, 0.25) is 0 Å². The maximum atomic E-state index is 10.5. The Kier molecular flexibility index (Phi) is 5.41. The zero-order chi connectivity index (χ0) is 12.9. The van der Waals surface area contributed by atoms with Crippen molar-refractivity contribution in [1.82, 2.24) is 0 Å². The van der Waals surface area contributed by atoms with Gasteiger partial charge in [0.1, 0.15) is 0 Å². The first-order chi connectivity index (χ1) is 7.95. The van der Waals surface area contributed by atoms with E-state index in [1.165, 1.54) is 5.57 Å². The molecule has 0 radical (unpaired) electrons. The Balaban J connectivity index is 2.45. The van der Waals surface area contributed by atoms with Gasteiger partial charge in [0.25, 0.3) is 0 Å². The molecular weight excluding hydrogens is 212 g/mol. The van der Waals surface area contributed by atoms with Crippen LogP contribution in [-0.2, 0) is 0 Å². The Hall–Kier alpha value is -0.600. The molecule has 0 heterocycles. The molecule has 1 aliphatic carbocycles. The number of allylic oxidation sites excluding steroid dienone is 3. The average Bonchev–Trinajstić information content (AvgIpc) is 2.29. The van der Waals surface area contributed by atoms with Crippen molar-refractivity contribution in [3.8, 4) is 0 Å². The van der Waals surface area contributed by atoms with Gasteiger partial charge in [-0.2, -0.15) is 0 Å². The summed E-state index contributed by atoms with van der Waals surface area (Å²) in [6, 6.07) is 0. The van der Waals surface area contributed by atoms with Gasteiger partial charge < -0.3 is 10.2 Å². The SMILES string of the molecule is CC1=CCC(C(C)(O)CC/C=C(\C)CO)CC1. The molecule has 17 heavy (non-hydrogen) atoms. The van der Waals surface area contributed by atoms with Crippen molar-refractivity contribution in [2.45, 2.75) is 58.5 Å². The van der Waals surface area contributed by atoms with E-state index < -0.39 is 5.60 Å². The molecular formula is C15H26O2. The summed E-state index contributed by atoms with van der Waals surface area (Å²) in [5.74, 6) is 0.383. The third kappa shape index (κ3) is 4.64. The van der Waals surface area contributed by atoms with Crippen LogP contribution in [0.1, 0.15) is 52.9 Å². The summed E-state index contributed by atoms with van der Waals surface area (Å²) in [6.45, 7) is 6.15. The van der Waals surface area contributed by atoms with Crippen LogP contribution in [0.4, 0.5) is 0 Å². The third-order valence-corrected chi connectivity index (χ3v) is 3.91. The zero-order valence-corrected chi connectivity index (χ0v) is 11.4. The minimum Gasteiger partial charge on any atom is -0.392 e. The average molecular weight is 238 g/mol. The van der Waals surface area contributed by atoms with Crippen LogP contribution >= 0.6 is 0 Å². The summed E-state index contributed by atoms with van der Waals surface area (Å²) >= 11 is 0. The van der Waals surface area contributed by atoms with Gasteiger partial charge in [0.15, 0.2) is 0 Å². The van der Waals surface area contributed by atoms with E-state index >= 15 is 0 Å². The molecule has 0 aromatic carbocycles. The van der Waals surface area contributed by atoms with Crippen molar-refractivity contribution in [3.63, 3.8) is 0 Å². The van der Waals surface area contributed by atoms with Crippen molar-refractivity contribution in [2.75, 3.05) is 6.61 Å². The predicted octanol–water partition coefficient (Wildman–Crippen LogP) is 3.20. The molecule has 1 aliphatic rings. The van der Waals surface area contributed by atoms with Gasteiger partial charge in [-0.15, -0.1) is 0 Å². The summed E-state index contributed by atoms with van der Waals surface area (Å²) in [5.41, 5.74) is 1.86. The molecule has 0 aromatic heterocycles. The number of hydrogen-bond donors (Lipinski definition) is 2. The lowest BCUT2D eigenvalue weighted by Crippen LogP contribution is -2.35. The molecule has 2 unspecified atom stereocenters. The van der Waals surface area contributed by atoms with Gasteiger partial charge >= 0.3 is 0 Å². The molecule has 2 heteroatoms. The molecule has 0 saturated heterocycles. The first-order valence-corrected chi connectivity index (χ1v) is 6.60. The molecule has 0 fully saturated rings. The Labute approximate surface area is 105 Å². The molecule has 0 bridgehead atoms. The monoisotopic (exact) mass is 238 g/mol. The van der Waals surface area contributed by atoms with Crippen LogP contribution in [0.15, 0.2) is 23.3 Å². The van der Waals surface area contributed by atoms with Crippen molar-refractivity contribution in [3.05, 3.63) is 23.3 Å². The van der Waals surface area contributed by atoms with Crippen molar-refractivity contribution >= 4 is 0 Å². The summed E-state index contributed by atoms with van der Waals surface area (Å²) in [6.07, 6.45) is 9.13. The van der Waals surface area contributed by atoms with Crippen molar-refractivity contribution in [1.29, 1.82) is 0 Å². The first-order valence-electron chi connectivity index (χ1n) is 6.60. The van der Waals surface area contributed by atoms with E-state index in [4.69, 9.17) is 5.11 Å². The fraction of sp³-hybridized carbons (Fsp3) is 0.733. The molecule has 0 aliphatic heterocycles. The van der Waals surface area contributed by atoms with Crippen molar-refractivity contribution in [2.24, 2.45) is 5.92 Å². The summed E-state index contributed by atoms with van der Waals surface area (Å²) < 4.78 is 0. The Bertz CT molecular complexity index is 300. The molecule has 2 N–H and O–H groups in total. The first kappa shape index (κ1) is 14.5. The van der Waals surface area contributed by atoms with E-state index in [0.717, 1.165) is 37.7 Å². The largest absolute Gasteiger partial charge is 0.392 e. The Morgan fingerprint density at radius 1 is 1.59 bits per heavy atom. The van der Waals surface area contributed by atoms with Crippen LogP contribution in [0.5, 0.6) is 0 Å². The van der Waals surface area contributed by atoms with Crippen LogP contribution in [0.3, 0.4) is 0 Å². The topological polar surface area (TPSA) is 40.5 Å². The third-order valence-electron chi connectivity index (χ3n) is 3.91. The lowest BCUT2D eigenvalue weighted by molar-refractivity contribution is -0.0122. The summed E-state index contributed by atoms with van der Waals surface area (Å²) in [4.78, 5) is 0. The summed E-state index contributed by atoms with van der Waals surface area (Å²) in [5, 5.41) is 19.4. The van der Waals surface area contributed by atoms with Crippen LogP contribution in [0.25, 0.3) is 0 Å².